The smallest absolute Gasteiger partial charge is 0.142 e. The van der Waals surface area contributed by atoms with Crippen LogP contribution in [0.2, 0.25) is 0 Å². The van der Waals surface area contributed by atoms with E-state index in [1.165, 1.54) is 19.4 Å². The summed E-state index contributed by atoms with van der Waals surface area (Å²) in [5.74, 6) is 0.952. The average molecular weight is 248 g/mol. The van der Waals surface area contributed by atoms with E-state index in [4.69, 9.17) is 4.74 Å². The van der Waals surface area contributed by atoms with Gasteiger partial charge >= 0.3 is 0 Å². The van der Waals surface area contributed by atoms with E-state index in [0.717, 1.165) is 18.0 Å². The van der Waals surface area contributed by atoms with E-state index >= 15 is 0 Å². The lowest BCUT2D eigenvalue weighted by Gasteiger charge is -2.22. The molecule has 1 aliphatic heterocycles. The molecule has 0 amide bonds. The largest absolute Gasteiger partial charge is 0.489 e. The highest BCUT2D eigenvalue weighted by Gasteiger charge is 2.20. The van der Waals surface area contributed by atoms with Gasteiger partial charge in [-0.15, -0.1) is 0 Å². The molecule has 1 atom stereocenters. The quantitative estimate of drug-likeness (QED) is 0.867. The van der Waals surface area contributed by atoms with Crippen LogP contribution in [0.5, 0.6) is 5.75 Å². The Hall–Kier alpha value is -1.22. The minimum absolute atomic E-state index is 0.210. The van der Waals surface area contributed by atoms with Crippen LogP contribution in [0, 0.1) is 0 Å². The first-order valence-electron chi connectivity index (χ1n) is 6.86. The number of likely N-dealkylation sites (tertiary alicyclic amines) is 1. The van der Waals surface area contributed by atoms with Gasteiger partial charge in [0, 0.05) is 12.6 Å². The van der Waals surface area contributed by atoms with E-state index in [-0.39, 0.29) is 6.10 Å². The molecule has 1 aromatic carbocycles. The van der Waals surface area contributed by atoms with Crippen LogP contribution in [0.4, 0.5) is 5.69 Å². The molecule has 0 bridgehead atoms. The maximum absolute atomic E-state index is 5.81. The summed E-state index contributed by atoms with van der Waals surface area (Å²) in [6.07, 6.45) is 2.81. The number of ether oxygens (including phenoxy) is 1. The summed E-state index contributed by atoms with van der Waals surface area (Å²) >= 11 is 0. The van der Waals surface area contributed by atoms with Crippen molar-refractivity contribution in [3.8, 4) is 5.75 Å². The Morgan fingerprint density at radius 2 is 2.17 bits per heavy atom. The van der Waals surface area contributed by atoms with Gasteiger partial charge in [0.1, 0.15) is 5.75 Å². The lowest BCUT2D eigenvalue weighted by molar-refractivity contribution is 0.243. The molecular weight excluding hydrogens is 224 g/mol. The van der Waals surface area contributed by atoms with Crippen LogP contribution in [0.25, 0.3) is 0 Å². The van der Waals surface area contributed by atoms with Gasteiger partial charge in [0.05, 0.1) is 11.8 Å². The highest BCUT2D eigenvalue weighted by Crippen LogP contribution is 2.25. The van der Waals surface area contributed by atoms with Gasteiger partial charge in [-0.05, 0) is 52.4 Å². The number of nitrogens with one attached hydrogen (secondary N) is 1. The van der Waals surface area contributed by atoms with Crippen molar-refractivity contribution in [1.82, 2.24) is 4.90 Å². The van der Waals surface area contributed by atoms with Crippen molar-refractivity contribution in [2.75, 3.05) is 25.5 Å². The molecule has 0 spiro atoms. The Balaban J connectivity index is 1.95. The molecule has 0 radical (unpaired) electrons. The van der Waals surface area contributed by atoms with Crippen LogP contribution in [-0.2, 0) is 0 Å². The molecule has 1 aromatic rings. The SMILES string of the molecule is CC(C)Oc1ccccc1NCC1CCCN1C. The Morgan fingerprint density at radius 3 is 2.83 bits per heavy atom. The van der Waals surface area contributed by atoms with Crippen molar-refractivity contribution in [1.29, 1.82) is 0 Å². The lowest BCUT2D eigenvalue weighted by atomic mass is 10.2. The predicted molar refractivity (Wildman–Crippen MR) is 76.3 cm³/mol. The molecule has 1 N–H and O–H groups in total. The molecule has 1 saturated heterocycles. The van der Waals surface area contributed by atoms with E-state index in [9.17, 15) is 0 Å². The Morgan fingerprint density at radius 1 is 1.39 bits per heavy atom. The normalized spacial score (nSPS) is 20.3. The van der Waals surface area contributed by atoms with E-state index in [2.05, 4.69) is 37.2 Å². The minimum Gasteiger partial charge on any atom is -0.489 e. The number of anilines is 1. The van der Waals surface area contributed by atoms with Crippen molar-refractivity contribution in [3.05, 3.63) is 24.3 Å². The Bertz CT molecular complexity index is 379. The van der Waals surface area contributed by atoms with Gasteiger partial charge < -0.3 is 15.0 Å². The maximum Gasteiger partial charge on any atom is 0.142 e. The molecule has 3 nitrogen and oxygen atoms in total. The van der Waals surface area contributed by atoms with E-state index in [1.54, 1.807) is 0 Å². The molecule has 0 aliphatic carbocycles. The van der Waals surface area contributed by atoms with Crippen molar-refractivity contribution >= 4 is 5.69 Å². The zero-order chi connectivity index (χ0) is 13.0. The molecule has 3 heteroatoms. The molecule has 0 aromatic heterocycles. The molecule has 18 heavy (non-hydrogen) atoms. The second kappa shape index (κ2) is 6.10. The fourth-order valence-electron chi connectivity index (χ4n) is 2.43. The van der Waals surface area contributed by atoms with E-state index in [0.29, 0.717) is 6.04 Å². The minimum atomic E-state index is 0.210. The molecule has 100 valence electrons. The first kappa shape index (κ1) is 13.2. The molecule has 0 saturated carbocycles. The van der Waals surface area contributed by atoms with Crippen molar-refractivity contribution in [3.63, 3.8) is 0 Å². The molecule has 1 unspecified atom stereocenters. The zero-order valence-electron chi connectivity index (χ0n) is 11.6. The number of hydrogen-bond acceptors (Lipinski definition) is 3. The number of likely N-dealkylation sites (N-methyl/N-ethyl adjacent to an activating group) is 1. The van der Waals surface area contributed by atoms with E-state index < -0.39 is 0 Å². The number of benzene rings is 1. The average Bonchev–Trinajstić information content (AvgIpc) is 2.73. The molecule has 1 heterocycles. The fraction of sp³-hybridized carbons (Fsp3) is 0.600. The topological polar surface area (TPSA) is 24.5 Å². The second-order valence-corrected chi connectivity index (χ2v) is 5.32. The highest BCUT2D eigenvalue weighted by molar-refractivity contribution is 5.56. The van der Waals surface area contributed by atoms with Crippen LogP contribution >= 0.6 is 0 Å². The van der Waals surface area contributed by atoms with Gasteiger partial charge in [0.2, 0.25) is 0 Å². The summed E-state index contributed by atoms with van der Waals surface area (Å²) in [5.41, 5.74) is 1.10. The maximum atomic E-state index is 5.81. The van der Waals surface area contributed by atoms with Crippen molar-refractivity contribution < 1.29 is 4.74 Å². The summed E-state index contributed by atoms with van der Waals surface area (Å²) in [6, 6.07) is 8.84. The standard InChI is InChI=1S/C15H24N2O/c1-12(2)18-15-9-5-4-8-14(15)16-11-13-7-6-10-17(13)3/h4-5,8-9,12-13,16H,6-7,10-11H2,1-3H3. The number of nitrogens with zero attached hydrogens (tertiary/aromatic N) is 1. The molecule has 1 fully saturated rings. The number of hydrogen-bond donors (Lipinski definition) is 1. The van der Waals surface area contributed by atoms with Gasteiger partial charge in [-0.25, -0.2) is 0 Å². The van der Waals surface area contributed by atoms with Crippen molar-refractivity contribution in [2.45, 2.75) is 38.8 Å². The van der Waals surface area contributed by atoms with Crippen molar-refractivity contribution in [2.24, 2.45) is 0 Å². The summed E-state index contributed by atoms with van der Waals surface area (Å²) in [5, 5.41) is 3.52. The number of rotatable bonds is 5. The summed E-state index contributed by atoms with van der Waals surface area (Å²) < 4.78 is 5.81. The Labute approximate surface area is 110 Å². The van der Waals surface area contributed by atoms with Gasteiger partial charge in [-0.2, -0.15) is 0 Å². The molecular formula is C15H24N2O. The monoisotopic (exact) mass is 248 g/mol. The third-order valence-electron chi connectivity index (χ3n) is 3.45. The summed E-state index contributed by atoms with van der Waals surface area (Å²) in [7, 11) is 2.20. The molecule has 2 rings (SSSR count). The van der Waals surface area contributed by atoms with Gasteiger partial charge in [-0.3, -0.25) is 0 Å². The lowest BCUT2D eigenvalue weighted by Crippen LogP contribution is -2.31. The van der Waals surface area contributed by atoms with Crippen LogP contribution in [0.3, 0.4) is 0 Å². The van der Waals surface area contributed by atoms with Gasteiger partial charge in [0.15, 0.2) is 0 Å². The first-order valence-corrected chi connectivity index (χ1v) is 6.86. The van der Waals surface area contributed by atoms with Gasteiger partial charge in [-0.1, -0.05) is 12.1 Å². The predicted octanol–water partition coefficient (Wildman–Crippen LogP) is 2.98. The number of para-hydroxylation sites is 2. The Kier molecular flexibility index (Phi) is 4.48. The third-order valence-corrected chi connectivity index (χ3v) is 3.45. The summed E-state index contributed by atoms with van der Waals surface area (Å²) in [6.45, 7) is 6.33. The van der Waals surface area contributed by atoms with Gasteiger partial charge in [0.25, 0.3) is 0 Å². The fourth-order valence-corrected chi connectivity index (χ4v) is 2.43. The molecule has 1 aliphatic rings. The third kappa shape index (κ3) is 3.39. The summed E-state index contributed by atoms with van der Waals surface area (Å²) in [4.78, 5) is 2.43. The highest BCUT2D eigenvalue weighted by atomic mass is 16.5. The zero-order valence-corrected chi connectivity index (χ0v) is 11.6. The second-order valence-electron chi connectivity index (χ2n) is 5.32. The van der Waals surface area contributed by atoms with Crippen LogP contribution < -0.4 is 10.1 Å². The first-order chi connectivity index (χ1) is 8.66. The van der Waals surface area contributed by atoms with Crippen LogP contribution in [0.15, 0.2) is 24.3 Å². The van der Waals surface area contributed by atoms with E-state index in [1.807, 2.05) is 18.2 Å². The van der Waals surface area contributed by atoms with Crippen LogP contribution in [0.1, 0.15) is 26.7 Å². The van der Waals surface area contributed by atoms with Crippen LogP contribution in [-0.4, -0.2) is 37.2 Å².